The van der Waals surface area contributed by atoms with Gasteiger partial charge in [0.05, 0.1) is 13.2 Å². The number of ether oxygens (including phenoxy) is 1. The Morgan fingerprint density at radius 3 is 2.52 bits per heavy atom. The van der Waals surface area contributed by atoms with Gasteiger partial charge in [-0.25, -0.2) is 0 Å². The van der Waals surface area contributed by atoms with Crippen molar-refractivity contribution in [2.75, 3.05) is 33.3 Å². The van der Waals surface area contributed by atoms with Crippen molar-refractivity contribution in [2.24, 2.45) is 5.92 Å². The summed E-state index contributed by atoms with van der Waals surface area (Å²) in [5, 5.41) is 7.91. The lowest BCUT2D eigenvalue weighted by atomic mass is 9.89. The number of hydrogen-bond donors (Lipinski definition) is 1. The Hall–Kier alpha value is -2.67. The molecular formula is C22H28N4O3. The van der Waals surface area contributed by atoms with Gasteiger partial charge in [-0.2, -0.15) is 5.10 Å². The molecular weight excluding hydrogens is 368 g/mol. The van der Waals surface area contributed by atoms with E-state index in [9.17, 15) is 9.59 Å². The summed E-state index contributed by atoms with van der Waals surface area (Å²) in [4.78, 5) is 27.4. The number of hydrogen-bond acceptors (Lipinski definition) is 5. The fourth-order valence-electron chi connectivity index (χ4n) is 4.21. The van der Waals surface area contributed by atoms with E-state index in [4.69, 9.17) is 4.74 Å². The van der Waals surface area contributed by atoms with E-state index in [2.05, 4.69) is 10.4 Å². The number of nitrogens with zero attached hydrogens (tertiary/aromatic N) is 3. The van der Waals surface area contributed by atoms with Crippen LogP contribution in [0.15, 0.2) is 36.5 Å². The SMILES string of the molecule is COc1ccc(C(=O)C2CCN(C(=O)c3ccn(C4CCCNC4)n3)CC2)cc1. The molecule has 1 N–H and O–H groups in total. The topological polar surface area (TPSA) is 76.5 Å². The molecule has 1 aromatic heterocycles. The molecule has 1 amide bonds. The molecule has 154 valence electrons. The van der Waals surface area contributed by atoms with Gasteiger partial charge in [0, 0.05) is 37.3 Å². The minimum atomic E-state index is -0.0432. The number of amides is 1. The van der Waals surface area contributed by atoms with Crippen molar-refractivity contribution in [3.63, 3.8) is 0 Å². The maximum absolute atomic E-state index is 12.8. The van der Waals surface area contributed by atoms with Crippen LogP contribution in [0.5, 0.6) is 5.75 Å². The van der Waals surface area contributed by atoms with Gasteiger partial charge in [-0.15, -0.1) is 0 Å². The molecule has 2 fully saturated rings. The van der Waals surface area contributed by atoms with E-state index < -0.39 is 0 Å². The molecule has 1 atom stereocenters. The Morgan fingerprint density at radius 1 is 1.10 bits per heavy atom. The monoisotopic (exact) mass is 396 g/mol. The van der Waals surface area contributed by atoms with Crippen molar-refractivity contribution in [3.05, 3.63) is 47.8 Å². The minimum Gasteiger partial charge on any atom is -0.497 e. The molecule has 2 aliphatic rings. The molecule has 0 aliphatic carbocycles. The van der Waals surface area contributed by atoms with Crippen molar-refractivity contribution in [2.45, 2.75) is 31.7 Å². The second kappa shape index (κ2) is 8.78. The first kappa shape index (κ1) is 19.6. The smallest absolute Gasteiger partial charge is 0.274 e. The van der Waals surface area contributed by atoms with Crippen LogP contribution >= 0.6 is 0 Å². The number of likely N-dealkylation sites (tertiary alicyclic amines) is 1. The molecule has 7 nitrogen and oxygen atoms in total. The molecule has 3 heterocycles. The van der Waals surface area contributed by atoms with E-state index in [-0.39, 0.29) is 17.6 Å². The largest absolute Gasteiger partial charge is 0.497 e. The van der Waals surface area contributed by atoms with Crippen LogP contribution in [0.4, 0.5) is 0 Å². The highest BCUT2D eigenvalue weighted by molar-refractivity contribution is 5.98. The first-order valence-electron chi connectivity index (χ1n) is 10.4. The van der Waals surface area contributed by atoms with Crippen molar-refractivity contribution in [1.29, 1.82) is 0 Å². The third-order valence-corrected chi connectivity index (χ3v) is 6.00. The number of nitrogens with one attached hydrogen (secondary N) is 1. The lowest BCUT2D eigenvalue weighted by Crippen LogP contribution is -2.40. The van der Waals surface area contributed by atoms with Crippen molar-refractivity contribution in [1.82, 2.24) is 20.0 Å². The predicted molar refractivity (Wildman–Crippen MR) is 109 cm³/mol. The molecule has 0 bridgehead atoms. The summed E-state index contributed by atoms with van der Waals surface area (Å²) in [7, 11) is 1.61. The second-order valence-electron chi connectivity index (χ2n) is 7.84. The minimum absolute atomic E-state index is 0.0390. The molecule has 1 aromatic carbocycles. The van der Waals surface area contributed by atoms with Gasteiger partial charge in [0.15, 0.2) is 5.78 Å². The van der Waals surface area contributed by atoms with Gasteiger partial charge >= 0.3 is 0 Å². The van der Waals surface area contributed by atoms with Gasteiger partial charge in [-0.1, -0.05) is 0 Å². The summed E-state index contributed by atoms with van der Waals surface area (Å²) in [6.45, 7) is 3.12. The summed E-state index contributed by atoms with van der Waals surface area (Å²) < 4.78 is 7.07. The summed E-state index contributed by atoms with van der Waals surface area (Å²) >= 11 is 0. The zero-order valence-corrected chi connectivity index (χ0v) is 16.8. The third-order valence-electron chi connectivity index (χ3n) is 6.00. The maximum atomic E-state index is 12.8. The predicted octanol–water partition coefficient (Wildman–Crippen LogP) is 2.55. The summed E-state index contributed by atoms with van der Waals surface area (Å²) in [5.41, 5.74) is 1.20. The third kappa shape index (κ3) is 4.34. The summed E-state index contributed by atoms with van der Waals surface area (Å²) in [5.74, 6) is 0.806. The van der Waals surface area contributed by atoms with Gasteiger partial charge in [-0.05, 0) is 62.6 Å². The summed E-state index contributed by atoms with van der Waals surface area (Å²) in [6.07, 6.45) is 5.49. The lowest BCUT2D eigenvalue weighted by molar-refractivity contribution is 0.0644. The Bertz CT molecular complexity index is 847. The van der Waals surface area contributed by atoms with E-state index in [0.29, 0.717) is 43.2 Å². The first-order valence-corrected chi connectivity index (χ1v) is 10.4. The Kier molecular flexibility index (Phi) is 5.94. The zero-order chi connectivity index (χ0) is 20.2. The van der Waals surface area contributed by atoms with Crippen molar-refractivity contribution >= 4 is 11.7 Å². The molecule has 2 aliphatic heterocycles. The van der Waals surface area contributed by atoms with Crippen LogP contribution < -0.4 is 10.1 Å². The van der Waals surface area contributed by atoms with Gasteiger partial charge in [0.25, 0.3) is 5.91 Å². The Balaban J connectivity index is 1.33. The van der Waals surface area contributed by atoms with Crippen LogP contribution in [0.3, 0.4) is 0 Å². The van der Waals surface area contributed by atoms with E-state index in [1.165, 1.54) is 0 Å². The molecule has 2 saturated heterocycles. The maximum Gasteiger partial charge on any atom is 0.274 e. The highest BCUT2D eigenvalue weighted by atomic mass is 16.5. The zero-order valence-electron chi connectivity index (χ0n) is 16.8. The molecule has 4 rings (SSSR count). The molecule has 0 spiro atoms. The highest BCUT2D eigenvalue weighted by Crippen LogP contribution is 2.24. The Labute approximate surface area is 171 Å². The molecule has 7 heteroatoms. The van der Waals surface area contributed by atoms with Crippen molar-refractivity contribution < 1.29 is 14.3 Å². The Morgan fingerprint density at radius 2 is 1.86 bits per heavy atom. The number of carbonyl (C=O) groups excluding carboxylic acids is 2. The number of methoxy groups -OCH3 is 1. The van der Waals surface area contributed by atoms with Gasteiger partial charge in [0.2, 0.25) is 0 Å². The number of rotatable bonds is 5. The number of ketones is 1. The van der Waals surface area contributed by atoms with Crippen LogP contribution in [0.2, 0.25) is 0 Å². The number of benzene rings is 1. The number of piperidine rings is 2. The standard InChI is InChI=1S/C22H28N4O3/c1-29-19-6-4-16(5-7-19)21(27)17-8-12-25(13-9-17)22(28)20-10-14-26(24-20)18-3-2-11-23-15-18/h4-7,10,14,17-18,23H,2-3,8-9,11-13,15H2,1H3. The number of aromatic nitrogens is 2. The second-order valence-corrected chi connectivity index (χ2v) is 7.84. The fraction of sp³-hybridized carbons (Fsp3) is 0.500. The number of Topliss-reactive ketones (excluding diaryl/α,β-unsaturated/α-hetero) is 1. The van der Waals surface area contributed by atoms with Gasteiger partial charge in [0.1, 0.15) is 11.4 Å². The molecule has 1 unspecified atom stereocenters. The van der Waals surface area contributed by atoms with Crippen LogP contribution in [-0.4, -0.2) is 59.7 Å². The average molecular weight is 396 g/mol. The summed E-state index contributed by atoms with van der Waals surface area (Å²) in [6, 6.07) is 9.37. The number of carbonyl (C=O) groups is 2. The van der Waals surface area contributed by atoms with Gasteiger partial charge in [-0.3, -0.25) is 14.3 Å². The van der Waals surface area contributed by atoms with Gasteiger partial charge < -0.3 is 15.0 Å². The van der Waals surface area contributed by atoms with E-state index >= 15 is 0 Å². The quantitative estimate of drug-likeness (QED) is 0.786. The van der Waals surface area contributed by atoms with Crippen LogP contribution in [0.25, 0.3) is 0 Å². The van der Waals surface area contributed by atoms with Crippen LogP contribution in [0, 0.1) is 5.92 Å². The lowest BCUT2D eigenvalue weighted by Gasteiger charge is -2.31. The molecule has 2 aromatic rings. The van der Waals surface area contributed by atoms with Crippen molar-refractivity contribution in [3.8, 4) is 5.75 Å². The average Bonchev–Trinajstić information content (AvgIpc) is 3.29. The van der Waals surface area contributed by atoms with E-state index in [0.717, 1.165) is 31.7 Å². The molecule has 0 saturated carbocycles. The highest BCUT2D eigenvalue weighted by Gasteiger charge is 2.29. The van der Waals surface area contributed by atoms with Crippen LogP contribution in [0.1, 0.15) is 52.6 Å². The first-order chi connectivity index (χ1) is 14.2. The van der Waals surface area contributed by atoms with Crippen LogP contribution in [-0.2, 0) is 0 Å². The molecule has 29 heavy (non-hydrogen) atoms. The van der Waals surface area contributed by atoms with E-state index in [1.54, 1.807) is 7.11 Å². The normalized spacial score (nSPS) is 20.4. The molecule has 0 radical (unpaired) electrons. The van der Waals surface area contributed by atoms with E-state index in [1.807, 2.05) is 46.1 Å². The fourth-order valence-corrected chi connectivity index (χ4v) is 4.21.